The third-order valence-corrected chi connectivity index (χ3v) is 6.76. The van der Waals surface area contributed by atoms with E-state index in [4.69, 9.17) is 0 Å². The quantitative estimate of drug-likeness (QED) is 0.564. The van der Waals surface area contributed by atoms with Gasteiger partial charge in [-0.15, -0.1) is 10.2 Å². The number of sulfonamides is 1. The highest BCUT2D eigenvalue weighted by atomic mass is 32.2. The van der Waals surface area contributed by atoms with Crippen LogP contribution >= 0.6 is 11.8 Å². The minimum Gasteiger partial charge on any atom is -0.273 e. The average Bonchev–Trinajstić information content (AvgIpc) is 3.11. The van der Waals surface area contributed by atoms with E-state index in [2.05, 4.69) is 27.1 Å². The van der Waals surface area contributed by atoms with Gasteiger partial charge in [-0.25, -0.2) is 13.1 Å². The summed E-state index contributed by atoms with van der Waals surface area (Å²) in [5.41, 5.74) is 3.24. The summed E-state index contributed by atoms with van der Waals surface area (Å²) in [4.78, 5) is 0. The summed E-state index contributed by atoms with van der Waals surface area (Å²) in [5, 5.41) is 9.39. The van der Waals surface area contributed by atoms with Gasteiger partial charge in [-0.05, 0) is 38.5 Å². The summed E-state index contributed by atoms with van der Waals surface area (Å²) in [7, 11) is -3.36. The number of aryl methyl sites for hydroxylation is 1. The molecular weight excluding hydrogens is 392 g/mol. The molecule has 0 saturated carbocycles. The molecule has 1 N–H and O–H groups in total. The van der Waals surface area contributed by atoms with Gasteiger partial charge in [0, 0.05) is 11.4 Å². The van der Waals surface area contributed by atoms with Gasteiger partial charge in [0.15, 0.2) is 11.0 Å². The zero-order chi connectivity index (χ0) is 20.1. The van der Waals surface area contributed by atoms with Gasteiger partial charge in [0.05, 0.1) is 11.8 Å². The number of thioether (sulfide) groups is 1. The second-order valence-corrected chi connectivity index (χ2v) is 9.51. The predicted molar refractivity (Wildman–Crippen MR) is 113 cm³/mol. The molecule has 1 atom stereocenters. The van der Waals surface area contributed by atoms with Crippen LogP contribution in [0.15, 0.2) is 59.8 Å². The SMILES string of the molecule is CCS(=O)(=O)NC(C)c1nnc(SCc2ccccc2)n1-c1ccc(C)cc1. The Morgan fingerprint density at radius 1 is 1.07 bits per heavy atom. The zero-order valence-electron chi connectivity index (χ0n) is 16.2. The number of nitrogens with zero attached hydrogens (tertiary/aromatic N) is 3. The summed E-state index contributed by atoms with van der Waals surface area (Å²) in [5.74, 6) is 1.34. The van der Waals surface area contributed by atoms with Crippen LogP contribution in [0, 0.1) is 6.92 Å². The van der Waals surface area contributed by atoms with Crippen LogP contribution in [0.3, 0.4) is 0 Å². The molecule has 0 aliphatic rings. The average molecular weight is 417 g/mol. The van der Waals surface area contributed by atoms with Gasteiger partial charge in [0.25, 0.3) is 0 Å². The van der Waals surface area contributed by atoms with Crippen LogP contribution in [-0.4, -0.2) is 28.9 Å². The molecule has 3 rings (SSSR count). The summed E-state index contributed by atoms with van der Waals surface area (Å²) >= 11 is 1.57. The van der Waals surface area contributed by atoms with Gasteiger partial charge in [0.2, 0.25) is 10.0 Å². The molecule has 1 aromatic heterocycles. The van der Waals surface area contributed by atoms with Gasteiger partial charge in [-0.3, -0.25) is 4.57 Å². The number of hydrogen-bond donors (Lipinski definition) is 1. The number of rotatable bonds is 8. The minimum atomic E-state index is -3.36. The van der Waals surface area contributed by atoms with E-state index in [1.165, 1.54) is 5.56 Å². The second-order valence-electron chi connectivity index (χ2n) is 6.53. The van der Waals surface area contributed by atoms with Crippen molar-refractivity contribution in [2.45, 2.75) is 37.7 Å². The summed E-state index contributed by atoms with van der Waals surface area (Å²) in [6.45, 7) is 5.42. The zero-order valence-corrected chi connectivity index (χ0v) is 17.8. The highest BCUT2D eigenvalue weighted by Crippen LogP contribution is 2.28. The topological polar surface area (TPSA) is 76.9 Å². The fraction of sp³-hybridized carbons (Fsp3) is 0.300. The molecule has 8 heteroatoms. The van der Waals surface area contributed by atoms with Crippen LogP contribution in [-0.2, 0) is 15.8 Å². The van der Waals surface area contributed by atoms with Gasteiger partial charge < -0.3 is 0 Å². The van der Waals surface area contributed by atoms with Crippen LogP contribution in [0.5, 0.6) is 0 Å². The standard InChI is InChI=1S/C20H24N4O2S2/c1-4-28(25,26)23-16(3)19-21-22-20(27-14-17-8-6-5-7-9-17)24(19)18-12-10-15(2)11-13-18/h5-13,16,23H,4,14H2,1-3H3. The molecule has 0 radical (unpaired) electrons. The van der Waals surface area contributed by atoms with Crippen LogP contribution < -0.4 is 4.72 Å². The maximum Gasteiger partial charge on any atom is 0.211 e. The first-order chi connectivity index (χ1) is 13.4. The summed E-state index contributed by atoms with van der Waals surface area (Å²) in [6.07, 6.45) is 0. The molecule has 0 spiro atoms. The first-order valence-electron chi connectivity index (χ1n) is 9.08. The Labute approximate surface area is 170 Å². The van der Waals surface area contributed by atoms with Crippen LogP contribution in [0.1, 0.15) is 36.8 Å². The Hall–Kier alpha value is -2.16. The van der Waals surface area contributed by atoms with Crippen molar-refractivity contribution in [3.05, 3.63) is 71.5 Å². The maximum absolute atomic E-state index is 12.0. The number of hydrogen-bond acceptors (Lipinski definition) is 5. The Morgan fingerprint density at radius 2 is 1.75 bits per heavy atom. The van der Waals surface area contributed by atoms with E-state index in [9.17, 15) is 8.42 Å². The Morgan fingerprint density at radius 3 is 2.39 bits per heavy atom. The predicted octanol–water partition coefficient (Wildman–Crippen LogP) is 3.87. The normalized spacial score (nSPS) is 12.8. The Kier molecular flexibility index (Phi) is 6.53. The van der Waals surface area contributed by atoms with Crippen molar-refractivity contribution in [2.24, 2.45) is 0 Å². The third-order valence-electron chi connectivity index (χ3n) is 4.28. The van der Waals surface area contributed by atoms with E-state index < -0.39 is 16.1 Å². The van der Waals surface area contributed by atoms with Crippen molar-refractivity contribution in [1.82, 2.24) is 19.5 Å². The van der Waals surface area contributed by atoms with E-state index >= 15 is 0 Å². The van der Waals surface area contributed by atoms with Crippen LogP contribution in [0.2, 0.25) is 0 Å². The monoisotopic (exact) mass is 416 g/mol. The number of aromatic nitrogens is 3. The first kappa shape index (κ1) is 20.6. The van der Waals surface area contributed by atoms with E-state index in [1.54, 1.807) is 25.6 Å². The van der Waals surface area contributed by atoms with Gasteiger partial charge in [0.1, 0.15) is 0 Å². The molecule has 0 fully saturated rings. The highest BCUT2D eigenvalue weighted by molar-refractivity contribution is 7.98. The molecule has 0 aliphatic carbocycles. The molecule has 0 amide bonds. The van der Waals surface area contributed by atoms with Gasteiger partial charge in [-0.2, -0.15) is 0 Å². The molecule has 28 heavy (non-hydrogen) atoms. The van der Waals surface area contributed by atoms with Crippen molar-refractivity contribution in [2.75, 3.05) is 5.75 Å². The number of nitrogens with one attached hydrogen (secondary N) is 1. The fourth-order valence-electron chi connectivity index (χ4n) is 2.72. The fourth-order valence-corrected chi connectivity index (χ4v) is 4.44. The van der Waals surface area contributed by atoms with Crippen molar-refractivity contribution >= 4 is 21.8 Å². The lowest BCUT2D eigenvalue weighted by Gasteiger charge is -2.16. The molecule has 0 bridgehead atoms. The minimum absolute atomic E-state index is 0.0195. The molecule has 0 saturated heterocycles. The first-order valence-corrected chi connectivity index (χ1v) is 11.7. The van der Waals surface area contributed by atoms with Crippen molar-refractivity contribution in [1.29, 1.82) is 0 Å². The van der Waals surface area contributed by atoms with E-state index in [1.807, 2.05) is 54.0 Å². The maximum atomic E-state index is 12.0. The van der Waals surface area contributed by atoms with Gasteiger partial charge in [-0.1, -0.05) is 59.8 Å². The van der Waals surface area contributed by atoms with Crippen LogP contribution in [0.25, 0.3) is 5.69 Å². The third kappa shape index (κ3) is 5.01. The van der Waals surface area contributed by atoms with E-state index in [0.29, 0.717) is 5.82 Å². The lowest BCUT2D eigenvalue weighted by molar-refractivity contribution is 0.557. The van der Waals surface area contributed by atoms with E-state index in [0.717, 1.165) is 22.2 Å². The molecule has 0 aliphatic heterocycles. The molecule has 148 valence electrons. The Balaban J connectivity index is 1.95. The molecular formula is C20H24N4O2S2. The number of benzene rings is 2. The summed E-state index contributed by atoms with van der Waals surface area (Å²) in [6, 6.07) is 17.7. The molecule has 2 aromatic carbocycles. The largest absolute Gasteiger partial charge is 0.273 e. The Bertz CT molecular complexity index is 1020. The van der Waals surface area contributed by atoms with E-state index in [-0.39, 0.29) is 5.75 Å². The lowest BCUT2D eigenvalue weighted by atomic mass is 10.2. The van der Waals surface area contributed by atoms with Crippen molar-refractivity contribution in [3.63, 3.8) is 0 Å². The van der Waals surface area contributed by atoms with Crippen LogP contribution in [0.4, 0.5) is 0 Å². The highest BCUT2D eigenvalue weighted by Gasteiger charge is 2.22. The molecule has 1 unspecified atom stereocenters. The van der Waals surface area contributed by atoms with Crippen molar-refractivity contribution < 1.29 is 8.42 Å². The lowest BCUT2D eigenvalue weighted by Crippen LogP contribution is -2.30. The van der Waals surface area contributed by atoms with Gasteiger partial charge >= 0.3 is 0 Å². The van der Waals surface area contributed by atoms with Crippen molar-refractivity contribution in [3.8, 4) is 5.69 Å². The second kappa shape index (κ2) is 8.89. The molecule has 6 nitrogen and oxygen atoms in total. The smallest absolute Gasteiger partial charge is 0.211 e. The molecule has 1 heterocycles. The summed E-state index contributed by atoms with van der Waals surface area (Å²) < 4.78 is 28.6. The molecule has 3 aromatic rings.